The molecule has 0 saturated carbocycles. The van der Waals surface area contributed by atoms with Gasteiger partial charge in [0.1, 0.15) is 17.6 Å². The van der Waals surface area contributed by atoms with Crippen molar-refractivity contribution in [1.29, 1.82) is 0 Å². The van der Waals surface area contributed by atoms with Gasteiger partial charge in [-0.15, -0.1) is 0 Å². The fourth-order valence-electron chi connectivity index (χ4n) is 2.72. The Morgan fingerprint density at radius 2 is 1.92 bits per heavy atom. The predicted molar refractivity (Wildman–Crippen MR) is 97.6 cm³/mol. The predicted octanol–water partition coefficient (Wildman–Crippen LogP) is 3.33. The topological polar surface area (TPSA) is 66.3 Å². The quantitative estimate of drug-likeness (QED) is 0.747. The lowest BCUT2D eigenvalue weighted by atomic mass is 9.99. The van der Waals surface area contributed by atoms with E-state index in [-0.39, 0.29) is 5.91 Å². The lowest BCUT2D eigenvalue weighted by Gasteiger charge is -2.29. The van der Waals surface area contributed by atoms with Crippen LogP contribution in [0, 0.1) is 13.8 Å². The number of hydrogen-bond donors (Lipinski definition) is 3. The minimum absolute atomic E-state index is 0.191. The van der Waals surface area contributed by atoms with Crippen LogP contribution >= 0.6 is 12.2 Å². The third-order valence-electron chi connectivity index (χ3n) is 3.95. The molecule has 0 bridgehead atoms. The maximum absolute atomic E-state index is 12.9. The first-order valence-corrected chi connectivity index (χ1v) is 8.08. The van der Waals surface area contributed by atoms with E-state index in [4.69, 9.17) is 16.6 Å². The monoisotopic (exact) mass is 341 g/mol. The van der Waals surface area contributed by atoms with Gasteiger partial charge in [0.05, 0.1) is 5.57 Å². The van der Waals surface area contributed by atoms with E-state index in [1.54, 1.807) is 0 Å². The fraction of sp³-hybridized carbons (Fsp3) is 0.222. The first-order chi connectivity index (χ1) is 11.5. The summed E-state index contributed by atoms with van der Waals surface area (Å²) in [5.74, 6) is 1.25. The summed E-state index contributed by atoms with van der Waals surface area (Å²) >= 11 is 5.23. The van der Waals surface area contributed by atoms with Crippen molar-refractivity contribution < 1.29 is 9.21 Å². The summed E-state index contributed by atoms with van der Waals surface area (Å²) in [5.41, 5.74) is 3.05. The van der Waals surface area contributed by atoms with Crippen LogP contribution in [0.5, 0.6) is 0 Å². The number of furan rings is 1. The average Bonchev–Trinajstić information content (AvgIpc) is 2.95. The van der Waals surface area contributed by atoms with Gasteiger partial charge >= 0.3 is 0 Å². The number of para-hydroxylation sites is 1. The van der Waals surface area contributed by atoms with Crippen molar-refractivity contribution in [3.8, 4) is 0 Å². The molecule has 0 saturated heterocycles. The number of hydrogen-bond acceptors (Lipinski definition) is 3. The van der Waals surface area contributed by atoms with Crippen LogP contribution in [0.1, 0.15) is 30.0 Å². The molecule has 1 aliphatic heterocycles. The third-order valence-corrected chi connectivity index (χ3v) is 4.17. The highest BCUT2D eigenvalue weighted by atomic mass is 32.1. The lowest BCUT2D eigenvalue weighted by molar-refractivity contribution is -0.113. The minimum atomic E-state index is -0.420. The lowest BCUT2D eigenvalue weighted by Crippen LogP contribution is -2.45. The molecule has 0 spiro atoms. The van der Waals surface area contributed by atoms with E-state index in [1.807, 2.05) is 57.2 Å². The Labute approximate surface area is 146 Å². The number of benzene rings is 1. The van der Waals surface area contributed by atoms with Gasteiger partial charge in [-0.2, -0.15) is 0 Å². The molecule has 3 N–H and O–H groups in total. The van der Waals surface area contributed by atoms with Gasteiger partial charge in [-0.05, 0) is 56.8 Å². The number of nitrogens with one attached hydrogen (secondary N) is 3. The molecule has 1 aromatic heterocycles. The molecule has 3 rings (SSSR count). The number of carbonyl (C=O) groups excluding carboxylic acids is 1. The summed E-state index contributed by atoms with van der Waals surface area (Å²) < 4.78 is 5.71. The molecule has 2 aromatic rings. The molecule has 0 radical (unpaired) electrons. The molecule has 124 valence electrons. The number of rotatable bonds is 3. The van der Waals surface area contributed by atoms with Crippen molar-refractivity contribution in [2.45, 2.75) is 26.8 Å². The van der Waals surface area contributed by atoms with Crippen LogP contribution in [0.25, 0.3) is 0 Å². The molecule has 1 aromatic carbocycles. The average molecular weight is 341 g/mol. The van der Waals surface area contributed by atoms with Crippen LogP contribution in [0.3, 0.4) is 0 Å². The van der Waals surface area contributed by atoms with Crippen LogP contribution in [-0.2, 0) is 4.79 Å². The van der Waals surface area contributed by atoms with Crippen LogP contribution < -0.4 is 16.0 Å². The summed E-state index contributed by atoms with van der Waals surface area (Å²) in [6, 6.07) is 11.0. The van der Waals surface area contributed by atoms with Crippen molar-refractivity contribution in [2.75, 3.05) is 5.32 Å². The van der Waals surface area contributed by atoms with E-state index in [9.17, 15) is 4.79 Å². The van der Waals surface area contributed by atoms with Gasteiger partial charge in [0.25, 0.3) is 5.91 Å². The van der Waals surface area contributed by atoms with Gasteiger partial charge in [0.2, 0.25) is 0 Å². The van der Waals surface area contributed by atoms with E-state index in [0.29, 0.717) is 22.1 Å². The highest BCUT2D eigenvalue weighted by Crippen LogP contribution is 2.29. The van der Waals surface area contributed by atoms with Crippen molar-refractivity contribution in [1.82, 2.24) is 10.6 Å². The zero-order valence-electron chi connectivity index (χ0n) is 13.8. The van der Waals surface area contributed by atoms with Gasteiger partial charge < -0.3 is 20.4 Å². The van der Waals surface area contributed by atoms with Gasteiger partial charge in [0, 0.05) is 11.4 Å². The maximum Gasteiger partial charge on any atom is 0.255 e. The molecule has 0 aliphatic carbocycles. The van der Waals surface area contributed by atoms with Crippen molar-refractivity contribution in [2.24, 2.45) is 0 Å². The van der Waals surface area contributed by atoms with Gasteiger partial charge in [-0.1, -0.05) is 18.2 Å². The standard InChI is InChI=1S/C18H19N3O2S/c1-10-6-4-5-7-13(10)20-17(22)15-12(3)19-18(24)21-16(15)14-9-8-11(2)23-14/h4-9,16H,1-3H3,(H,20,22)(H2,19,21,24)/t16-/m1/s1. The van der Waals surface area contributed by atoms with Crippen molar-refractivity contribution >= 4 is 28.9 Å². The Morgan fingerprint density at radius 1 is 1.17 bits per heavy atom. The molecular weight excluding hydrogens is 322 g/mol. The zero-order chi connectivity index (χ0) is 17.3. The second-order valence-corrected chi connectivity index (χ2v) is 6.20. The van der Waals surface area contributed by atoms with Gasteiger partial charge in [-0.25, -0.2) is 0 Å². The first-order valence-electron chi connectivity index (χ1n) is 7.67. The molecule has 1 aliphatic rings. The van der Waals surface area contributed by atoms with Crippen LogP contribution in [0.4, 0.5) is 5.69 Å². The molecule has 24 heavy (non-hydrogen) atoms. The van der Waals surface area contributed by atoms with E-state index in [2.05, 4.69) is 16.0 Å². The normalized spacial score (nSPS) is 17.3. The van der Waals surface area contributed by atoms with E-state index >= 15 is 0 Å². The Bertz CT molecular complexity index is 838. The summed E-state index contributed by atoms with van der Waals surface area (Å²) in [4.78, 5) is 12.9. The van der Waals surface area contributed by atoms with Crippen LogP contribution in [0.15, 0.2) is 52.1 Å². The second kappa shape index (κ2) is 6.49. The number of allylic oxidation sites excluding steroid dienone is 1. The second-order valence-electron chi connectivity index (χ2n) is 5.79. The molecule has 2 heterocycles. The van der Waals surface area contributed by atoms with E-state index in [0.717, 1.165) is 17.0 Å². The van der Waals surface area contributed by atoms with Crippen LogP contribution in [-0.4, -0.2) is 11.0 Å². The van der Waals surface area contributed by atoms with Crippen molar-refractivity contribution in [3.05, 3.63) is 64.8 Å². The smallest absolute Gasteiger partial charge is 0.255 e. The molecule has 1 amide bonds. The third kappa shape index (κ3) is 3.19. The molecule has 0 fully saturated rings. The fourth-order valence-corrected chi connectivity index (χ4v) is 2.99. The summed E-state index contributed by atoms with van der Waals surface area (Å²) in [5, 5.41) is 9.57. The highest BCUT2D eigenvalue weighted by Gasteiger charge is 2.32. The molecule has 5 nitrogen and oxygen atoms in total. The minimum Gasteiger partial charge on any atom is -0.464 e. The number of anilines is 1. The SMILES string of the molecule is CC1=C(C(=O)Nc2ccccc2C)[C@@H](c2ccc(C)o2)NC(=S)N1. The summed E-state index contributed by atoms with van der Waals surface area (Å²) in [6.45, 7) is 5.66. The summed E-state index contributed by atoms with van der Waals surface area (Å²) in [6.07, 6.45) is 0. The number of aryl methyl sites for hydroxylation is 2. The summed E-state index contributed by atoms with van der Waals surface area (Å²) in [7, 11) is 0. The number of carbonyl (C=O) groups is 1. The highest BCUT2D eigenvalue weighted by molar-refractivity contribution is 7.80. The zero-order valence-corrected chi connectivity index (χ0v) is 14.6. The Hall–Kier alpha value is -2.60. The van der Waals surface area contributed by atoms with Gasteiger partial charge in [-0.3, -0.25) is 4.79 Å². The number of thiocarbonyl (C=S) groups is 1. The Morgan fingerprint density at radius 3 is 2.58 bits per heavy atom. The van der Waals surface area contributed by atoms with Gasteiger partial charge in [0.15, 0.2) is 5.11 Å². The molecular formula is C18H19N3O2S. The van der Waals surface area contributed by atoms with E-state index in [1.165, 1.54) is 0 Å². The molecule has 6 heteroatoms. The molecule has 0 unspecified atom stereocenters. The van der Waals surface area contributed by atoms with E-state index < -0.39 is 6.04 Å². The number of amides is 1. The van der Waals surface area contributed by atoms with Crippen LogP contribution in [0.2, 0.25) is 0 Å². The van der Waals surface area contributed by atoms with Crippen molar-refractivity contribution in [3.63, 3.8) is 0 Å². The maximum atomic E-state index is 12.9. The largest absolute Gasteiger partial charge is 0.464 e. The molecule has 1 atom stereocenters. The first kappa shape index (κ1) is 16.3. The Kier molecular flexibility index (Phi) is 4.40. The Balaban J connectivity index is 1.95.